The van der Waals surface area contributed by atoms with Gasteiger partial charge < -0.3 is 14.8 Å². The maximum Gasteiger partial charge on any atom is 0.257 e. The summed E-state index contributed by atoms with van der Waals surface area (Å²) in [5.74, 6) is 1.35. The summed E-state index contributed by atoms with van der Waals surface area (Å²) in [6.07, 6.45) is 0.818. The second-order valence-corrected chi connectivity index (χ2v) is 8.04. The van der Waals surface area contributed by atoms with Crippen LogP contribution in [0.4, 0.5) is 5.82 Å². The van der Waals surface area contributed by atoms with E-state index in [1.54, 1.807) is 35.6 Å². The molecule has 1 N–H and O–H groups in total. The standard InChI is InChI=1S/C18H14BrN3O3S/c19-16-6-5-15(26-16)12-3-7-17(22-21-12)20-18(23)11-2-4-13-14(10-11)25-9-1-8-24-13/h2-7,10H,1,8-9H2,(H,20,22,23). The molecule has 0 radical (unpaired) electrons. The number of anilines is 1. The average Bonchev–Trinajstić information content (AvgIpc) is 2.95. The number of nitrogens with one attached hydrogen (secondary N) is 1. The van der Waals surface area contributed by atoms with Gasteiger partial charge in [0.15, 0.2) is 17.3 Å². The van der Waals surface area contributed by atoms with Gasteiger partial charge in [0.05, 0.1) is 21.9 Å². The Kier molecular flexibility index (Phi) is 4.85. The Balaban J connectivity index is 1.48. The highest BCUT2D eigenvalue weighted by Gasteiger charge is 2.15. The lowest BCUT2D eigenvalue weighted by atomic mass is 10.2. The van der Waals surface area contributed by atoms with E-state index in [1.807, 2.05) is 18.2 Å². The van der Waals surface area contributed by atoms with Crippen LogP contribution < -0.4 is 14.8 Å². The third-order valence-electron chi connectivity index (χ3n) is 3.74. The van der Waals surface area contributed by atoms with Gasteiger partial charge in [0.2, 0.25) is 0 Å². The molecule has 0 fully saturated rings. The smallest absolute Gasteiger partial charge is 0.257 e. The summed E-state index contributed by atoms with van der Waals surface area (Å²) in [7, 11) is 0. The van der Waals surface area contributed by atoms with Crippen LogP contribution in [0.3, 0.4) is 0 Å². The van der Waals surface area contributed by atoms with Crippen molar-refractivity contribution in [2.24, 2.45) is 0 Å². The summed E-state index contributed by atoms with van der Waals surface area (Å²) in [6, 6.07) is 12.6. The molecule has 26 heavy (non-hydrogen) atoms. The van der Waals surface area contributed by atoms with Crippen LogP contribution in [0, 0.1) is 0 Å². The van der Waals surface area contributed by atoms with Gasteiger partial charge >= 0.3 is 0 Å². The summed E-state index contributed by atoms with van der Waals surface area (Å²) in [5, 5.41) is 11.0. The first kappa shape index (κ1) is 17.0. The number of amides is 1. The first-order valence-electron chi connectivity index (χ1n) is 7.99. The highest BCUT2D eigenvalue weighted by molar-refractivity contribution is 9.11. The fourth-order valence-electron chi connectivity index (χ4n) is 2.48. The number of carbonyl (C=O) groups is 1. The van der Waals surface area contributed by atoms with Gasteiger partial charge in [-0.1, -0.05) is 0 Å². The van der Waals surface area contributed by atoms with Crippen molar-refractivity contribution >= 4 is 39.0 Å². The number of hydrogen-bond acceptors (Lipinski definition) is 6. The number of ether oxygens (including phenoxy) is 2. The number of halogens is 1. The third kappa shape index (κ3) is 3.71. The molecule has 0 spiro atoms. The predicted molar refractivity (Wildman–Crippen MR) is 103 cm³/mol. The van der Waals surface area contributed by atoms with Gasteiger partial charge in [-0.3, -0.25) is 4.79 Å². The predicted octanol–water partition coefficient (Wildman–Crippen LogP) is 4.38. The number of hydrogen-bond donors (Lipinski definition) is 1. The van der Waals surface area contributed by atoms with E-state index >= 15 is 0 Å². The Morgan fingerprint density at radius 2 is 1.88 bits per heavy atom. The minimum absolute atomic E-state index is 0.276. The van der Waals surface area contributed by atoms with Crippen molar-refractivity contribution in [2.75, 3.05) is 18.5 Å². The fourth-order valence-corrected chi connectivity index (χ4v) is 3.83. The number of carbonyl (C=O) groups excluding carboxylic acids is 1. The van der Waals surface area contributed by atoms with E-state index in [9.17, 15) is 4.79 Å². The van der Waals surface area contributed by atoms with Crippen molar-refractivity contribution in [1.82, 2.24) is 10.2 Å². The second kappa shape index (κ2) is 7.43. The SMILES string of the molecule is O=C(Nc1ccc(-c2ccc(Br)s2)nn1)c1ccc2c(c1)OCCCO2. The molecule has 0 saturated carbocycles. The zero-order chi connectivity index (χ0) is 17.9. The van der Waals surface area contributed by atoms with Crippen LogP contribution >= 0.6 is 27.3 Å². The molecule has 1 aliphatic rings. The summed E-state index contributed by atoms with van der Waals surface area (Å²) in [5.41, 5.74) is 1.23. The molecule has 0 unspecified atom stereocenters. The van der Waals surface area contributed by atoms with E-state index in [4.69, 9.17) is 9.47 Å². The quantitative estimate of drug-likeness (QED) is 0.665. The number of benzene rings is 1. The first-order valence-corrected chi connectivity index (χ1v) is 9.60. The minimum atomic E-state index is -0.276. The molecule has 4 rings (SSSR count). The zero-order valence-corrected chi connectivity index (χ0v) is 16.0. The van der Waals surface area contributed by atoms with Crippen molar-refractivity contribution < 1.29 is 14.3 Å². The summed E-state index contributed by atoms with van der Waals surface area (Å²) >= 11 is 5.00. The molecular formula is C18H14BrN3O3S. The van der Waals surface area contributed by atoms with E-state index < -0.39 is 0 Å². The summed E-state index contributed by atoms with van der Waals surface area (Å²) < 4.78 is 12.2. The van der Waals surface area contributed by atoms with E-state index in [0.717, 1.165) is 20.8 Å². The van der Waals surface area contributed by atoms with E-state index in [2.05, 4.69) is 31.4 Å². The number of aromatic nitrogens is 2. The van der Waals surface area contributed by atoms with Gasteiger partial charge in [0, 0.05) is 12.0 Å². The number of thiophene rings is 1. The number of nitrogens with zero attached hydrogens (tertiary/aromatic N) is 2. The molecule has 2 aromatic heterocycles. The van der Waals surface area contributed by atoms with Crippen molar-refractivity contribution in [1.29, 1.82) is 0 Å². The van der Waals surface area contributed by atoms with E-state index in [-0.39, 0.29) is 5.91 Å². The van der Waals surface area contributed by atoms with Crippen LogP contribution in [0.25, 0.3) is 10.6 Å². The first-order chi connectivity index (χ1) is 12.7. The fraction of sp³-hybridized carbons (Fsp3) is 0.167. The van der Waals surface area contributed by atoms with Crippen molar-refractivity contribution in [2.45, 2.75) is 6.42 Å². The lowest BCUT2D eigenvalue weighted by Crippen LogP contribution is -2.13. The van der Waals surface area contributed by atoms with Crippen LogP contribution in [0.15, 0.2) is 46.3 Å². The zero-order valence-electron chi connectivity index (χ0n) is 13.6. The molecule has 0 bridgehead atoms. The Hall–Kier alpha value is -2.45. The van der Waals surface area contributed by atoms with Gasteiger partial charge in [-0.25, -0.2) is 0 Å². The molecule has 0 aliphatic carbocycles. The molecule has 1 aromatic carbocycles. The monoisotopic (exact) mass is 431 g/mol. The molecule has 6 nitrogen and oxygen atoms in total. The maximum absolute atomic E-state index is 12.5. The Labute approximate surface area is 162 Å². The normalized spacial score (nSPS) is 13.1. The van der Waals surface area contributed by atoms with Crippen molar-refractivity contribution in [3.8, 4) is 22.1 Å². The topological polar surface area (TPSA) is 73.3 Å². The Morgan fingerprint density at radius 1 is 1.04 bits per heavy atom. The molecule has 1 aliphatic heterocycles. The number of rotatable bonds is 3. The van der Waals surface area contributed by atoms with Crippen molar-refractivity contribution in [3.05, 3.63) is 51.8 Å². The molecular weight excluding hydrogens is 418 g/mol. The summed E-state index contributed by atoms with van der Waals surface area (Å²) in [4.78, 5) is 13.5. The molecule has 3 heterocycles. The maximum atomic E-state index is 12.5. The molecule has 3 aromatic rings. The number of fused-ring (bicyclic) bond motifs is 1. The van der Waals surface area contributed by atoms with Crippen molar-refractivity contribution in [3.63, 3.8) is 0 Å². The van der Waals surface area contributed by atoms with Crippen LogP contribution in [0.2, 0.25) is 0 Å². The van der Waals surface area contributed by atoms with Crippen LogP contribution in [0.1, 0.15) is 16.8 Å². The Bertz CT molecular complexity index is 943. The minimum Gasteiger partial charge on any atom is -0.490 e. The van der Waals surface area contributed by atoms with E-state index in [0.29, 0.717) is 36.1 Å². The highest BCUT2D eigenvalue weighted by atomic mass is 79.9. The summed E-state index contributed by atoms with van der Waals surface area (Å²) in [6.45, 7) is 1.19. The van der Waals surface area contributed by atoms with Crippen LogP contribution in [-0.4, -0.2) is 29.3 Å². The highest BCUT2D eigenvalue weighted by Crippen LogP contribution is 2.31. The van der Waals surface area contributed by atoms with Gasteiger partial charge in [-0.05, 0) is 58.4 Å². The molecule has 0 saturated heterocycles. The second-order valence-electron chi connectivity index (χ2n) is 5.57. The lowest BCUT2D eigenvalue weighted by Gasteiger charge is -2.09. The third-order valence-corrected chi connectivity index (χ3v) is 5.39. The molecule has 1 amide bonds. The Morgan fingerprint density at radius 3 is 2.62 bits per heavy atom. The molecule has 8 heteroatoms. The van der Waals surface area contributed by atoms with Gasteiger partial charge in [-0.2, -0.15) is 0 Å². The van der Waals surface area contributed by atoms with Crippen LogP contribution in [-0.2, 0) is 0 Å². The lowest BCUT2D eigenvalue weighted by molar-refractivity contribution is 0.102. The van der Waals surface area contributed by atoms with Crippen LogP contribution in [0.5, 0.6) is 11.5 Å². The van der Waals surface area contributed by atoms with E-state index in [1.165, 1.54) is 0 Å². The van der Waals surface area contributed by atoms with Gasteiger partial charge in [0.25, 0.3) is 5.91 Å². The molecule has 0 atom stereocenters. The molecule has 132 valence electrons. The largest absolute Gasteiger partial charge is 0.490 e. The average molecular weight is 432 g/mol. The van der Waals surface area contributed by atoms with Gasteiger partial charge in [0.1, 0.15) is 5.69 Å². The van der Waals surface area contributed by atoms with Gasteiger partial charge in [-0.15, -0.1) is 21.5 Å².